The average Bonchev–Trinajstić information content (AvgIpc) is 2.74. The SMILES string of the molecule is CSc1ccc(-c2ccc(=O)n3c2C2CC(CN(C(=O)CSCC(=O)O)C2)C3)cc1. The van der Waals surface area contributed by atoms with Crippen molar-refractivity contribution < 1.29 is 14.7 Å². The summed E-state index contributed by atoms with van der Waals surface area (Å²) >= 11 is 2.83. The van der Waals surface area contributed by atoms with E-state index in [0.717, 1.165) is 35.0 Å². The summed E-state index contributed by atoms with van der Waals surface area (Å²) in [7, 11) is 0. The molecule has 4 rings (SSSR count). The zero-order valence-electron chi connectivity index (χ0n) is 16.7. The number of piperidine rings is 1. The van der Waals surface area contributed by atoms with Gasteiger partial charge in [0, 0.05) is 47.8 Å². The molecule has 2 unspecified atom stereocenters. The standard InChI is InChI=1S/C22H24N2O4S2/c1-29-17-4-2-15(3-5-17)18-6-7-19(25)24-10-14-8-16(22(18)24)11-23(9-14)20(26)12-30-13-21(27)28/h2-7,14,16H,8-13H2,1H3,(H,27,28). The third-order valence-electron chi connectivity index (χ3n) is 5.79. The zero-order chi connectivity index (χ0) is 21.3. The Labute approximate surface area is 183 Å². The summed E-state index contributed by atoms with van der Waals surface area (Å²) in [6, 6.07) is 11.9. The first-order valence-corrected chi connectivity index (χ1v) is 12.3. The van der Waals surface area contributed by atoms with Gasteiger partial charge in [0.1, 0.15) is 0 Å². The lowest BCUT2D eigenvalue weighted by molar-refractivity contribution is -0.133. The van der Waals surface area contributed by atoms with Crippen LogP contribution in [-0.2, 0) is 16.1 Å². The Morgan fingerprint density at radius 3 is 2.53 bits per heavy atom. The minimum atomic E-state index is -0.909. The number of aromatic nitrogens is 1. The normalized spacial score (nSPS) is 20.0. The molecule has 6 nitrogen and oxygen atoms in total. The van der Waals surface area contributed by atoms with E-state index in [1.54, 1.807) is 17.8 Å². The minimum absolute atomic E-state index is 0.0148. The first-order valence-electron chi connectivity index (χ1n) is 9.91. The first-order chi connectivity index (χ1) is 14.5. The second-order valence-electron chi connectivity index (χ2n) is 7.79. The van der Waals surface area contributed by atoms with Gasteiger partial charge < -0.3 is 14.6 Å². The van der Waals surface area contributed by atoms with Crippen LogP contribution in [0.2, 0.25) is 0 Å². The maximum Gasteiger partial charge on any atom is 0.313 e. The molecule has 1 amide bonds. The van der Waals surface area contributed by atoms with Gasteiger partial charge in [0.2, 0.25) is 5.91 Å². The molecule has 2 aliphatic heterocycles. The average molecular weight is 445 g/mol. The number of fused-ring (bicyclic) bond motifs is 4. The van der Waals surface area contributed by atoms with Crippen molar-refractivity contribution in [3.63, 3.8) is 0 Å². The molecule has 1 aromatic heterocycles. The van der Waals surface area contributed by atoms with Crippen LogP contribution in [0, 0.1) is 5.92 Å². The topological polar surface area (TPSA) is 79.6 Å². The van der Waals surface area contributed by atoms with Crippen molar-refractivity contribution >= 4 is 35.4 Å². The Balaban J connectivity index is 1.62. The number of carbonyl (C=O) groups excluding carboxylic acids is 1. The number of thioether (sulfide) groups is 2. The van der Waals surface area contributed by atoms with Crippen molar-refractivity contribution in [1.29, 1.82) is 0 Å². The van der Waals surface area contributed by atoms with Crippen LogP contribution in [0.1, 0.15) is 18.0 Å². The van der Waals surface area contributed by atoms with Gasteiger partial charge in [-0.3, -0.25) is 14.4 Å². The number of hydrogen-bond donors (Lipinski definition) is 1. The molecule has 0 saturated carbocycles. The largest absolute Gasteiger partial charge is 0.481 e. The summed E-state index contributed by atoms with van der Waals surface area (Å²) in [4.78, 5) is 39.0. The number of amides is 1. The van der Waals surface area contributed by atoms with Crippen LogP contribution in [-0.4, -0.2) is 57.3 Å². The molecule has 30 heavy (non-hydrogen) atoms. The molecule has 1 saturated heterocycles. The quantitative estimate of drug-likeness (QED) is 0.690. The molecule has 8 heteroatoms. The second kappa shape index (κ2) is 8.89. The summed E-state index contributed by atoms with van der Waals surface area (Å²) in [5, 5.41) is 8.80. The Morgan fingerprint density at radius 1 is 1.07 bits per heavy atom. The molecular formula is C22H24N2O4S2. The van der Waals surface area contributed by atoms with E-state index < -0.39 is 5.97 Å². The Kier molecular flexibility index (Phi) is 6.24. The lowest BCUT2D eigenvalue weighted by Gasteiger charge is -2.43. The van der Waals surface area contributed by atoms with E-state index in [9.17, 15) is 14.4 Å². The molecule has 0 spiro atoms. The molecule has 1 fully saturated rings. The fourth-order valence-corrected chi connectivity index (χ4v) is 5.59. The molecule has 2 bridgehead atoms. The van der Waals surface area contributed by atoms with Gasteiger partial charge in [0.25, 0.3) is 5.56 Å². The van der Waals surface area contributed by atoms with E-state index in [1.807, 2.05) is 21.8 Å². The summed E-state index contributed by atoms with van der Waals surface area (Å²) in [6.07, 6.45) is 3.01. The maximum atomic E-state index is 12.7. The summed E-state index contributed by atoms with van der Waals surface area (Å²) in [5.41, 5.74) is 3.17. The van der Waals surface area contributed by atoms with Crippen molar-refractivity contribution in [3.05, 3.63) is 52.4 Å². The number of rotatable bonds is 6. The predicted octanol–water partition coefficient (Wildman–Crippen LogP) is 3.00. The molecule has 1 N–H and O–H groups in total. The molecule has 3 heterocycles. The highest BCUT2D eigenvalue weighted by molar-refractivity contribution is 8.00. The van der Waals surface area contributed by atoms with E-state index in [-0.39, 0.29) is 34.8 Å². The highest BCUT2D eigenvalue weighted by Gasteiger charge is 2.37. The first kappa shape index (κ1) is 21.1. The monoisotopic (exact) mass is 444 g/mol. The number of carboxylic acids is 1. The van der Waals surface area contributed by atoms with E-state index >= 15 is 0 Å². The Hall–Kier alpha value is -2.19. The summed E-state index contributed by atoms with van der Waals surface area (Å²) in [6.45, 7) is 1.82. The highest BCUT2D eigenvalue weighted by atomic mass is 32.2. The molecular weight excluding hydrogens is 420 g/mol. The number of carbonyl (C=O) groups is 2. The van der Waals surface area contributed by atoms with Crippen molar-refractivity contribution in [1.82, 2.24) is 9.47 Å². The van der Waals surface area contributed by atoms with Gasteiger partial charge in [0.15, 0.2) is 0 Å². The van der Waals surface area contributed by atoms with Gasteiger partial charge >= 0.3 is 5.97 Å². The lowest BCUT2D eigenvalue weighted by atomic mass is 9.80. The Bertz CT molecular complexity index is 1020. The third kappa shape index (κ3) is 4.30. The number of benzene rings is 1. The minimum Gasteiger partial charge on any atom is -0.481 e. The number of hydrogen-bond acceptors (Lipinski definition) is 5. The number of likely N-dealkylation sites (tertiary alicyclic amines) is 1. The van der Waals surface area contributed by atoms with E-state index in [4.69, 9.17) is 5.11 Å². The van der Waals surface area contributed by atoms with E-state index in [2.05, 4.69) is 24.3 Å². The molecule has 0 aliphatic carbocycles. The van der Waals surface area contributed by atoms with Crippen molar-refractivity contribution in [2.24, 2.45) is 5.92 Å². The van der Waals surface area contributed by atoms with Crippen LogP contribution in [0.4, 0.5) is 0 Å². The van der Waals surface area contributed by atoms with Gasteiger partial charge in [-0.1, -0.05) is 12.1 Å². The second-order valence-corrected chi connectivity index (χ2v) is 9.66. The molecule has 1 aromatic carbocycles. The lowest BCUT2D eigenvalue weighted by Crippen LogP contribution is -2.49. The molecule has 2 aromatic rings. The van der Waals surface area contributed by atoms with Crippen LogP contribution in [0.15, 0.2) is 46.1 Å². The fraction of sp³-hybridized carbons (Fsp3) is 0.409. The molecule has 158 valence electrons. The maximum absolute atomic E-state index is 12.7. The Morgan fingerprint density at radius 2 is 1.83 bits per heavy atom. The molecule has 2 aliphatic rings. The van der Waals surface area contributed by atoms with E-state index in [1.165, 1.54) is 4.90 Å². The number of carboxylic acid groups (broad SMARTS) is 1. The van der Waals surface area contributed by atoms with E-state index in [0.29, 0.717) is 19.6 Å². The van der Waals surface area contributed by atoms with Gasteiger partial charge in [-0.15, -0.1) is 23.5 Å². The number of pyridine rings is 1. The van der Waals surface area contributed by atoms with Gasteiger partial charge in [-0.2, -0.15) is 0 Å². The van der Waals surface area contributed by atoms with Crippen LogP contribution < -0.4 is 5.56 Å². The van der Waals surface area contributed by atoms with Crippen LogP contribution in [0.25, 0.3) is 11.1 Å². The smallest absolute Gasteiger partial charge is 0.313 e. The highest BCUT2D eigenvalue weighted by Crippen LogP contribution is 2.40. The van der Waals surface area contributed by atoms with Crippen LogP contribution in [0.5, 0.6) is 0 Å². The zero-order valence-corrected chi connectivity index (χ0v) is 18.4. The molecule has 2 atom stereocenters. The van der Waals surface area contributed by atoms with Crippen LogP contribution in [0.3, 0.4) is 0 Å². The summed E-state index contributed by atoms with van der Waals surface area (Å²) < 4.78 is 1.90. The fourth-order valence-electron chi connectivity index (χ4n) is 4.55. The van der Waals surface area contributed by atoms with Crippen LogP contribution >= 0.6 is 23.5 Å². The van der Waals surface area contributed by atoms with Crippen molar-refractivity contribution in [2.45, 2.75) is 23.8 Å². The third-order valence-corrected chi connectivity index (χ3v) is 7.44. The van der Waals surface area contributed by atoms with Crippen molar-refractivity contribution in [3.8, 4) is 11.1 Å². The molecule has 0 radical (unpaired) electrons. The van der Waals surface area contributed by atoms with Gasteiger partial charge in [-0.05, 0) is 42.4 Å². The number of nitrogens with zero attached hydrogens (tertiary/aromatic N) is 2. The summed E-state index contributed by atoms with van der Waals surface area (Å²) in [5.74, 6) is -0.467. The van der Waals surface area contributed by atoms with Gasteiger partial charge in [-0.25, -0.2) is 0 Å². The van der Waals surface area contributed by atoms with Crippen molar-refractivity contribution in [2.75, 3.05) is 30.9 Å². The predicted molar refractivity (Wildman–Crippen MR) is 120 cm³/mol. The number of aliphatic carboxylic acids is 1. The van der Waals surface area contributed by atoms with Gasteiger partial charge in [0.05, 0.1) is 11.5 Å².